The molecule has 2 N–H and O–H groups in total. The quantitative estimate of drug-likeness (QED) is 0.695. The number of likely N-dealkylation sites (tertiary alicyclic amines) is 1. The maximum Gasteiger partial charge on any atom is 0.221 e. The van der Waals surface area contributed by atoms with Crippen molar-refractivity contribution in [3.05, 3.63) is 0 Å². The predicted molar refractivity (Wildman–Crippen MR) is 73.7 cm³/mol. The predicted octanol–water partition coefficient (Wildman–Crippen LogP) is -1.03. The summed E-state index contributed by atoms with van der Waals surface area (Å²) in [5.41, 5.74) is 0. The molecule has 0 spiro atoms. The second-order valence-electron chi connectivity index (χ2n) is 5.61. The molecule has 2 aliphatic rings. The van der Waals surface area contributed by atoms with E-state index in [1.807, 2.05) is 0 Å². The monoisotopic (exact) mass is 289 g/mol. The first kappa shape index (κ1) is 14.7. The van der Waals surface area contributed by atoms with E-state index in [1.165, 1.54) is 0 Å². The third-order valence-corrected chi connectivity index (χ3v) is 5.55. The summed E-state index contributed by atoms with van der Waals surface area (Å²) in [7, 11) is -0.889. The maximum atomic E-state index is 11.9. The van der Waals surface area contributed by atoms with Crippen molar-refractivity contribution < 1.29 is 13.2 Å². The van der Waals surface area contributed by atoms with Gasteiger partial charge in [0.15, 0.2) is 9.84 Å². The third-order valence-electron chi connectivity index (χ3n) is 3.82. The molecule has 19 heavy (non-hydrogen) atoms. The number of amides is 1. The van der Waals surface area contributed by atoms with E-state index < -0.39 is 9.84 Å². The van der Waals surface area contributed by atoms with Crippen LogP contribution in [0.2, 0.25) is 0 Å². The number of carbonyl (C=O) groups excluding carboxylic acids is 1. The number of rotatable bonds is 3. The molecule has 1 unspecified atom stereocenters. The fraction of sp³-hybridized carbons (Fsp3) is 0.917. The highest BCUT2D eigenvalue weighted by atomic mass is 32.2. The van der Waals surface area contributed by atoms with Crippen molar-refractivity contribution in [1.29, 1.82) is 0 Å². The molecule has 2 aliphatic heterocycles. The lowest BCUT2D eigenvalue weighted by atomic mass is 10.1. The molecule has 6 nitrogen and oxygen atoms in total. The summed E-state index contributed by atoms with van der Waals surface area (Å²) in [6.07, 6.45) is 2.20. The first-order valence-corrected chi connectivity index (χ1v) is 8.68. The Kier molecular flexibility index (Phi) is 4.81. The van der Waals surface area contributed by atoms with Crippen LogP contribution in [-0.2, 0) is 14.6 Å². The zero-order valence-electron chi connectivity index (χ0n) is 11.4. The Morgan fingerprint density at radius 2 is 2.05 bits per heavy atom. The smallest absolute Gasteiger partial charge is 0.221 e. The fourth-order valence-electron chi connectivity index (χ4n) is 2.66. The van der Waals surface area contributed by atoms with Crippen LogP contribution in [0.4, 0.5) is 0 Å². The molecule has 0 aromatic rings. The van der Waals surface area contributed by atoms with E-state index in [9.17, 15) is 13.2 Å². The van der Waals surface area contributed by atoms with Crippen molar-refractivity contribution in [1.82, 2.24) is 15.5 Å². The highest BCUT2D eigenvalue weighted by Crippen LogP contribution is 2.10. The molecule has 0 aromatic heterocycles. The lowest BCUT2D eigenvalue weighted by Gasteiger charge is -2.30. The number of nitrogens with zero attached hydrogens (tertiary/aromatic N) is 1. The zero-order valence-corrected chi connectivity index (χ0v) is 12.2. The molecule has 7 heteroatoms. The van der Waals surface area contributed by atoms with Crippen LogP contribution in [0, 0.1) is 0 Å². The van der Waals surface area contributed by atoms with Gasteiger partial charge in [0.25, 0.3) is 0 Å². The van der Waals surface area contributed by atoms with Gasteiger partial charge in [0.1, 0.15) is 0 Å². The molecule has 0 saturated carbocycles. The number of carbonyl (C=O) groups is 1. The summed E-state index contributed by atoms with van der Waals surface area (Å²) in [4.78, 5) is 14.2. The molecule has 110 valence electrons. The Labute approximate surface area is 114 Å². The number of nitrogens with one attached hydrogen (secondary N) is 2. The number of hydrogen-bond donors (Lipinski definition) is 2. The largest absolute Gasteiger partial charge is 0.353 e. The highest BCUT2D eigenvalue weighted by molar-refractivity contribution is 7.91. The zero-order chi connectivity index (χ0) is 13.9. The average molecular weight is 289 g/mol. The minimum Gasteiger partial charge on any atom is -0.353 e. The van der Waals surface area contributed by atoms with E-state index >= 15 is 0 Å². The molecule has 2 saturated heterocycles. The first-order chi connectivity index (χ1) is 8.94. The van der Waals surface area contributed by atoms with Crippen molar-refractivity contribution in [2.75, 3.05) is 38.2 Å². The van der Waals surface area contributed by atoms with Crippen molar-refractivity contribution >= 4 is 15.7 Å². The van der Waals surface area contributed by atoms with Gasteiger partial charge in [0.05, 0.1) is 11.5 Å². The molecular weight excluding hydrogens is 266 g/mol. The van der Waals surface area contributed by atoms with Gasteiger partial charge in [-0.3, -0.25) is 4.79 Å². The van der Waals surface area contributed by atoms with Crippen LogP contribution in [0.15, 0.2) is 0 Å². The van der Waals surface area contributed by atoms with Crippen LogP contribution >= 0.6 is 0 Å². The van der Waals surface area contributed by atoms with Crippen LogP contribution in [0.3, 0.4) is 0 Å². The van der Waals surface area contributed by atoms with Crippen LogP contribution < -0.4 is 10.6 Å². The summed E-state index contributed by atoms with van der Waals surface area (Å²) in [5, 5.41) is 6.12. The van der Waals surface area contributed by atoms with Gasteiger partial charge < -0.3 is 15.5 Å². The standard InChI is InChI=1S/C12H23N3O3S/c1-15-5-2-10(3-6-15)14-12(16)8-11-9-19(17,18)7-4-13-11/h10-11,13H,2-9H2,1H3,(H,14,16). The Bertz CT molecular complexity index is 416. The molecule has 0 aromatic carbocycles. The molecule has 1 amide bonds. The van der Waals surface area contributed by atoms with E-state index in [0.717, 1.165) is 25.9 Å². The Hall–Kier alpha value is -0.660. The Morgan fingerprint density at radius 1 is 1.37 bits per heavy atom. The molecular formula is C12H23N3O3S. The van der Waals surface area contributed by atoms with Gasteiger partial charge in [0, 0.05) is 25.0 Å². The van der Waals surface area contributed by atoms with Gasteiger partial charge in [-0.05, 0) is 33.0 Å². The highest BCUT2D eigenvalue weighted by Gasteiger charge is 2.27. The summed E-state index contributed by atoms with van der Waals surface area (Å²) in [6.45, 7) is 2.45. The van der Waals surface area contributed by atoms with E-state index in [2.05, 4.69) is 22.6 Å². The van der Waals surface area contributed by atoms with E-state index in [-0.39, 0.29) is 35.9 Å². The van der Waals surface area contributed by atoms with Crippen LogP contribution in [0.25, 0.3) is 0 Å². The van der Waals surface area contributed by atoms with E-state index in [0.29, 0.717) is 6.54 Å². The van der Waals surface area contributed by atoms with Gasteiger partial charge in [-0.15, -0.1) is 0 Å². The van der Waals surface area contributed by atoms with Crippen molar-refractivity contribution in [2.45, 2.75) is 31.3 Å². The van der Waals surface area contributed by atoms with Crippen LogP contribution in [-0.4, -0.2) is 69.5 Å². The molecule has 1 atom stereocenters. The van der Waals surface area contributed by atoms with Gasteiger partial charge in [0.2, 0.25) is 5.91 Å². The molecule has 0 bridgehead atoms. The second kappa shape index (κ2) is 6.19. The lowest BCUT2D eigenvalue weighted by molar-refractivity contribution is -0.122. The summed E-state index contributed by atoms with van der Waals surface area (Å²) < 4.78 is 23.0. The summed E-state index contributed by atoms with van der Waals surface area (Å²) in [6, 6.07) is 0.00825. The fourth-order valence-corrected chi connectivity index (χ4v) is 4.11. The van der Waals surface area contributed by atoms with Gasteiger partial charge in [-0.1, -0.05) is 0 Å². The number of piperidine rings is 1. The van der Waals surface area contributed by atoms with Gasteiger partial charge in [-0.25, -0.2) is 8.42 Å². The molecule has 0 aliphatic carbocycles. The van der Waals surface area contributed by atoms with Crippen LogP contribution in [0.1, 0.15) is 19.3 Å². The third kappa shape index (κ3) is 4.74. The van der Waals surface area contributed by atoms with E-state index in [1.54, 1.807) is 0 Å². The SMILES string of the molecule is CN1CCC(NC(=O)CC2CS(=O)(=O)CCN2)CC1. The Morgan fingerprint density at radius 3 is 2.68 bits per heavy atom. The Balaban J connectivity index is 1.75. The van der Waals surface area contributed by atoms with Crippen molar-refractivity contribution in [3.63, 3.8) is 0 Å². The minimum atomic E-state index is -2.97. The molecule has 2 heterocycles. The first-order valence-electron chi connectivity index (χ1n) is 6.86. The van der Waals surface area contributed by atoms with Gasteiger partial charge in [-0.2, -0.15) is 0 Å². The second-order valence-corrected chi connectivity index (χ2v) is 7.84. The van der Waals surface area contributed by atoms with Crippen LogP contribution in [0.5, 0.6) is 0 Å². The van der Waals surface area contributed by atoms with Crippen molar-refractivity contribution in [2.24, 2.45) is 0 Å². The molecule has 0 radical (unpaired) electrons. The average Bonchev–Trinajstić information content (AvgIpc) is 2.30. The summed E-state index contributed by atoms with van der Waals surface area (Å²) >= 11 is 0. The van der Waals surface area contributed by atoms with E-state index in [4.69, 9.17) is 0 Å². The van der Waals surface area contributed by atoms with Crippen molar-refractivity contribution in [3.8, 4) is 0 Å². The molecule has 2 fully saturated rings. The van der Waals surface area contributed by atoms with Gasteiger partial charge >= 0.3 is 0 Å². The minimum absolute atomic E-state index is 0.0378. The summed E-state index contributed by atoms with van der Waals surface area (Å²) in [5.74, 6) is 0.220. The number of sulfone groups is 1. The maximum absolute atomic E-state index is 11.9. The number of hydrogen-bond acceptors (Lipinski definition) is 5. The topological polar surface area (TPSA) is 78.5 Å². The molecule has 2 rings (SSSR count). The normalized spacial score (nSPS) is 29.0. The lowest BCUT2D eigenvalue weighted by Crippen LogP contribution is -2.49.